The Morgan fingerprint density at radius 2 is 2.06 bits per heavy atom. The number of rotatable bonds is 2. The number of amides is 1. The van der Waals surface area contributed by atoms with Crippen molar-refractivity contribution in [2.24, 2.45) is 0 Å². The van der Waals surface area contributed by atoms with Crippen LogP contribution in [0, 0.1) is 0 Å². The largest absolute Gasteiger partial charge is 0.467 e. The van der Waals surface area contributed by atoms with Crippen molar-refractivity contribution in [1.82, 2.24) is 10.2 Å². The first-order valence-corrected chi connectivity index (χ1v) is 5.59. The summed E-state index contributed by atoms with van der Waals surface area (Å²) < 4.78 is 4.65. The number of benzene rings is 1. The van der Waals surface area contributed by atoms with Gasteiger partial charge in [-0.25, -0.2) is 4.79 Å². The molecule has 0 bridgehead atoms. The van der Waals surface area contributed by atoms with Crippen LogP contribution in [-0.2, 0) is 9.53 Å². The van der Waals surface area contributed by atoms with Gasteiger partial charge in [0, 0.05) is 18.0 Å². The third-order valence-corrected chi connectivity index (χ3v) is 2.70. The zero-order valence-electron chi connectivity index (χ0n) is 10.00. The molecular formula is C13H14N2O3. The van der Waals surface area contributed by atoms with E-state index < -0.39 is 6.04 Å². The Bertz CT molecular complexity index is 470. The molecule has 1 heterocycles. The van der Waals surface area contributed by atoms with E-state index in [1.165, 1.54) is 12.0 Å². The SMILES string of the molecule is COC(=O)C1CN(C(=O)c2ccccc2)C=CN1. The predicted octanol–water partition coefficient (Wildman–Crippen LogP) is 0.745. The molecule has 5 heteroatoms. The smallest absolute Gasteiger partial charge is 0.330 e. The Hall–Kier alpha value is -2.30. The van der Waals surface area contributed by atoms with Crippen molar-refractivity contribution in [3.05, 3.63) is 48.3 Å². The number of nitrogens with zero attached hydrogens (tertiary/aromatic N) is 1. The molecule has 1 atom stereocenters. The molecule has 94 valence electrons. The third kappa shape index (κ3) is 2.51. The van der Waals surface area contributed by atoms with Crippen molar-refractivity contribution in [1.29, 1.82) is 0 Å². The van der Waals surface area contributed by atoms with Crippen molar-refractivity contribution in [3.8, 4) is 0 Å². The number of hydrogen-bond donors (Lipinski definition) is 1. The van der Waals surface area contributed by atoms with Crippen LogP contribution in [0.5, 0.6) is 0 Å². The van der Waals surface area contributed by atoms with Crippen molar-refractivity contribution in [2.75, 3.05) is 13.7 Å². The minimum atomic E-state index is -0.521. The van der Waals surface area contributed by atoms with Crippen molar-refractivity contribution in [3.63, 3.8) is 0 Å². The molecule has 0 spiro atoms. The molecule has 0 saturated heterocycles. The summed E-state index contributed by atoms with van der Waals surface area (Å²) in [5, 5.41) is 2.86. The zero-order valence-corrected chi connectivity index (χ0v) is 10.00. The van der Waals surface area contributed by atoms with Crippen LogP contribution in [0.15, 0.2) is 42.7 Å². The molecule has 5 nitrogen and oxygen atoms in total. The number of carbonyl (C=O) groups is 2. The summed E-state index contributed by atoms with van der Waals surface area (Å²) in [7, 11) is 1.33. The van der Waals surface area contributed by atoms with E-state index in [1.54, 1.807) is 36.7 Å². The average Bonchev–Trinajstić information content (AvgIpc) is 2.46. The average molecular weight is 246 g/mol. The maximum absolute atomic E-state index is 12.2. The molecule has 1 unspecified atom stereocenters. The molecule has 2 rings (SSSR count). The molecule has 18 heavy (non-hydrogen) atoms. The number of esters is 1. The maximum Gasteiger partial charge on any atom is 0.330 e. The maximum atomic E-state index is 12.2. The fraction of sp³-hybridized carbons (Fsp3) is 0.231. The highest BCUT2D eigenvalue weighted by Gasteiger charge is 2.26. The molecule has 1 aliphatic heterocycles. The highest BCUT2D eigenvalue weighted by atomic mass is 16.5. The molecule has 0 fully saturated rings. The molecule has 0 aromatic heterocycles. The van der Waals surface area contributed by atoms with E-state index in [0.717, 1.165) is 0 Å². The van der Waals surface area contributed by atoms with Gasteiger partial charge in [-0.1, -0.05) is 18.2 Å². The minimum absolute atomic E-state index is 0.137. The number of ether oxygens (including phenoxy) is 1. The lowest BCUT2D eigenvalue weighted by Crippen LogP contribution is -2.48. The fourth-order valence-corrected chi connectivity index (χ4v) is 1.74. The second-order valence-corrected chi connectivity index (χ2v) is 3.88. The van der Waals surface area contributed by atoms with E-state index in [4.69, 9.17) is 0 Å². The Morgan fingerprint density at radius 3 is 2.72 bits per heavy atom. The van der Waals surface area contributed by atoms with E-state index in [9.17, 15) is 9.59 Å². The first-order valence-electron chi connectivity index (χ1n) is 5.59. The van der Waals surface area contributed by atoms with Crippen molar-refractivity contribution < 1.29 is 14.3 Å². The van der Waals surface area contributed by atoms with E-state index in [1.807, 2.05) is 6.07 Å². The summed E-state index contributed by atoms with van der Waals surface area (Å²) in [6.07, 6.45) is 3.20. The summed E-state index contributed by atoms with van der Waals surface area (Å²) in [6.45, 7) is 0.261. The highest BCUT2D eigenvalue weighted by molar-refractivity contribution is 5.95. The lowest BCUT2D eigenvalue weighted by molar-refractivity contribution is -0.143. The Balaban J connectivity index is 2.10. The second-order valence-electron chi connectivity index (χ2n) is 3.88. The van der Waals surface area contributed by atoms with Gasteiger partial charge in [0.15, 0.2) is 0 Å². The van der Waals surface area contributed by atoms with Crippen LogP contribution in [-0.4, -0.2) is 36.5 Å². The van der Waals surface area contributed by atoms with Gasteiger partial charge >= 0.3 is 5.97 Å². The zero-order chi connectivity index (χ0) is 13.0. The number of methoxy groups -OCH3 is 1. The lowest BCUT2D eigenvalue weighted by atomic mass is 10.1. The van der Waals surface area contributed by atoms with Crippen LogP contribution in [0.25, 0.3) is 0 Å². The normalized spacial score (nSPS) is 18.1. The lowest BCUT2D eigenvalue weighted by Gasteiger charge is -2.27. The number of nitrogens with one attached hydrogen (secondary N) is 1. The van der Waals surface area contributed by atoms with Gasteiger partial charge in [0.2, 0.25) is 0 Å². The number of hydrogen-bond acceptors (Lipinski definition) is 4. The Morgan fingerprint density at radius 1 is 1.33 bits per heavy atom. The van der Waals surface area contributed by atoms with Gasteiger partial charge in [-0.3, -0.25) is 4.79 Å². The molecule has 0 aliphatic carbocycles. The monoisotopic (exact) mass is 246 g/mol. The van der Waals surface area contributed by atoms with Crippen LogP contribution in [0.2, 0.25) is 0 Å². The molecule has 1 amide bonds. The van der Waals surface area contributed by atoms with Crippen LogP contribution in [0.3, 0.4) is 0 Å². The van der Waals surface area contributed by atoms with Gasteiger partial charge in [0.25, 0.3) is 5.91 Å². The van der Waals surface area contributed by atoms with Crippen LogP contribution in [0.4, 0.5) is 0 Å². The molecule has 1 aromatic carbocycles. The summed E-state index contributed by atoms with van der Waals surface area (Å²) in [5.41, 5.74) is 0.590. The molecule has 1 aliphatic rings. The minimum Gasteiger partial charge on any atom is -0.467 e. The molecule has 1 N–H and O–H groups in total. The Kier molecular flexibility index (Phi) is 3.62. The predicted molar refractivity (Wildman–Crippen MR) is 65.6 cm³/mol. The summed E-state index contributed by atoms with van der Waals surface area (Å²) in [4.78, 5) is 25.1. The van der Waals surface area contributed by atoms with Crippen LogP contribution >= 0.6 is 0 Å². The van der Waals surface area contributed by atoms with Gasteiger partial charge in [-0.2, -0.15) is 0 Å². The van der Waals surface area contributed by atoms with Crippen LogP contribution < -0.4 is 5.32 Å². The van der Waals surface area contributed by atoms with Gasteiger partial charge in [0.05, 0.1) is 13.7 Å². The van der Waals surface area contributed by atoms with E-state index in [-0.39, 0.29) is 18.4 Å². The van der Waals surface area contributed by atoms with Gasteiger partial charge < -0.3 is 15.0 Å². The fourth-order valence-electron chi connectivity index (χ4n) is 1.74. The van der Waals surface area contributed by atoms with Crippen molar-refractivity contribution in [2.45, 2.75) is 6.04 Å². The standard InChI is InChI=1S/C13H14N2O3/c1-18-13(17)11-9-15(8-7-14-11)12(16)10-5-3-2-4-6-10/h2-8,11,14H,9H2,1H3. The summed E-state index contributed by atoms with van der Waals surface area (Å²) in [6, 6.07) is 8.42. The Labute approximate surface area is 105 Å². The number of carbonyl (C=O) groups excluding carboxylic acids is 2. The topological polar surface area (TPSA) is 58.6 Å². The first-order chi connectivity index (χ1) is 8.72. The van der Waals surface area contributed by atoms with E-state index in [2.05, 4.69) is 10.1 Å². The van der Waals surface area contributed by atoms with Gasteiger partial charge in [-0.15, -0.1) is 0 Å². The van der Waals surface area contributed by atoms with E-state index in [0.29, 0.717) is 5.56 Å². The van der Waals surface area contributed by atoms with Gasteiger partial charge in [-0.05, 0) is 12.1 Å². The second kappa shape index (κ2) is 5.35. The van der Waals surface area contributed by atoms with Crippen molar-refractivity contribution >= 4 is 11.9 Å². The summed E-state index contributed by atoms with van der Waals surface area (Å²) >= 11 is 0. The molecule has 0 saturated carbocycles. The molecule has 1 aromatic rings. The molecule has 0 radical (unpaired) electrons. The van der Waals surface area contributed by atoms with Crippen LogP contribution in [0.1, 0.15) is 10.4 Å². The summed E-state index contributed by atoms with van der Waals surface area (Å²) in [5.74, 6) is -0.521. The third-order valence-electron chi connectivity index (χ3n) is 2.70. The molecular weight excluding hydrogens is 232 g/mol. The van der Waals surface area contributed by atoms with E-state index >= 15 is 0 Å². The van der Waals surface area contributed by atoms with Gasteiger partial charge in [0.1, 0.15) is 6.04 Å². The highest BCUT2D eigenvalue weighted by Crippen LogP contribution is 2.09. The first kappa shape index (κ1) is 12.2. The quantitative estimate of drug-likeness (QED) is 0.782.